The normalized spacial score (nSPS) is 33.4. The van der Waals surface area contributed by atoms with Crippen molar-refractivity contribution in [2.24, 2.45) is 35.5 Å². The van der Waals surface area contributed by atoms with Gasteiger partial charge in [0, 0.05) is 12.2 Å². The van der Waals surface area contributed by atoms with E-state index in [4.69, 9.17) is 9.47 Å². The minimum absolute atomic E-state index is 0.145. The van der Waals surface area contributed by atoms with E-state index in [1.165, 1.54) is 128 Å². The standard InChI is InChI=1S/C20H34O2.C18H30O2/c1-3-5-6-7-16-8-10-17(11-9-16)18-12-14-19(15-13-18)22-20(21)4-2;1-3-5-14-6-8-15(9-7-14)16-10-12-17(13-11-16)20-18(19)4-2/h4,16-19H,2-3,5-15H2,1H3;4,14-17H,2-3,5-13H2,1H3. The largest absolute Gasteiger partial charge is 0.459 e. The lowest BCUT2D eigenvalue weighted by atomic mass is 9.70. The summed E-state index contributed by atoms with van der Waals surface area (Å²) >= 11 is 0. The van der Waals surface area contributed by atoms with Gasteiger partial charge in [0.05, 0.1) is 0 Å². The molecular weight excluding hydrogens is 520 g/mol. The molecule has 42 heavy (non-hydrogen) atoms. The van der Waals surface area contributed by atoms with Crippen molar-refractivity contribution in [2.45, 2.75) is 167 Å². The molecule has 0 aromatic carbocycles. The Morgan fingerprint density at radius 1 is 0.524 bits per heavy atom. The van der Waals surface area contributed by atoms with Crippen LogP contribution in [0.2, 0.25) is 0 Å². The Kier molecular flexibility index (Phi) is 16.3. The second-order valence-electron chi connectivity index (χ2n) is 14.2. The lowest BCUT2D eigenvalue weighted by Gasteiger charge is -2.37. The molecule has 0 spiro atoms. The van der Waals surface area contributed by atoms with Gasteiger partial charge in [-0.25, -0.2) is 9.59 Å². The van der Waals surface area contributed by atoms with Crippen LogP contribution in [-0.4, -0.2) is 24.1 Å². The zero-order valence-corrected chi connectivity index (χ0v) is 27.4. The Labute approximate surface area is 258 Å². The highest BCUT2D eigenvalue weighted by Gasteiger charge is 2.33. The molecule has 0 saturated heterocycles. The van der Waals surface area contributed by atoms with E-state index in [1.54, 1.807) is 0 Å². The maximum Gasteiger partial charge on any atom is 0.330 e. The van der Waals surface area contributed by atoms with Gasteiger partial charge in [0.1, 0.15) is 12.2 Å². The molecular formula is C38H64O4. The van der Waals surface area contributed by atoms with E-state index in [1.807, 2.05) is 0 Å². The minimum atomic E-state index is -0.256. The molecule has 4 aliphatic carbocycles. The van der Waals surface area contributed by atoms with Crippen LogP contribution in [-0.2, 0) is 19.1 Å². The molecule has 0 aliphatic heterocycles. The van der Waals surface area contributed by atoms with Crippen LogP contribution in [0.3, 0.4) is 0 Å². The average Bonchev–Trinajstić information content (AvgIpc) is 3.03. The molecule has 4 fully saturated rings. The summed E-state index contributed by atoms with van der Waals surface area (Å²) in [5.74, 6) is 5.16. The van der Waals surface area contributed by atoms with E-state index in [9.17, 15) is 9.59 Å². The van der Waals surface area contributed by atoms with Crippen LogP contribution in [0.4, 0.5) is 0 Å². The van der Waals surface area contributed by atoms with Crippen molar-refractivity contribution in [3.05, 3.63) is 25.3 Å². The smallest absolute Gasteiger partial charge is 0.330 e. The highest BCUT2D eigenvalue weighted by molar-refractivity contribution is 5.81. The fourth-order valence-electron chi connectivity index (χ4n) is 8.77. The van der Waals surface area contributed by atoms with Crippen LogP contribution in [0.1, 0.15) is 155 Å². The first-order valence-electron chi connectivity index (χ1n) is 18.1. The first kappa shape index (κ1) is 34.9. The van der Waals surface area contributed by atoms with Gasteiger partial charge in [-0.05, 0) is 113 Å². The van der Waals surface area contributed by atoms with Crippen molar-refractivity contribution in [3.63, 3.8) is 0 Å². The highest BCUT2D eigenvalue weighted by atomic mass is 16.5. The van der Waals surface area contributed by atoms with Gasteiger partial charge in [0.25, 0.3) is 0 Å². The molecule has 4 heteroatoms. The molecule has 4 saturated carbocycles. The Hall–Kier alpha value is -1.58. The summed E-state index contributed by atoms with van der Waals surface area (Å²) in [4.78, 5) is 22.5. The summed E-state index contributed by atoms with van der Waals surface area (Å²) in [6.07, 6.45) is 32.1. The second-order valence-corrected chi connectivity index (χ2v) is 14.2. The molecule has 4 rings (SSSR count). The molecule has 4 aliphatic rings. The summed E-state index contributed by atoms with van der Waals surface area (Å²) in [6.45, 7) is 11.5. The molecule has 0 atom stereocenters. The monoisotopic (exact) mass is 584 g/mol. The van der Waals surface area contributed by atoms with Crippen molar-refractivity contribution < 1.29 is 19.1 Å². The molecule has 0 heterocycles. The topological polar surface area (TPSA) is 52.6 Å². The Morgan fingerprint density at radius 3 is 1.21 bits per heavy atom. The number of esters is 2. The fraction of sp³-hybridized carbons (Fsp3) is 0.842. The zero-order chi connectivity index (χ0) is 30.2. The maximum absolute atomic E-state index is 11.3. The molecule has 0 amide bonds. The number of hydrogen-bond acceptors (Lipinski definition) is 4. The van der Waals surface area contributed by atoms with E-state index in [2.05, 4.69) is 27.0 Å². The van der Waals surface area contributed by atoms with E-state index in [0.717, 1.165) is 61.2 Å². The average molecular weight is 585 g/mol. The molecule has 0 radical (unpaired) electrons. The molecule has 240 valence electrons. The number of carbonyl (C=O) groups is 2. The molecule has 0 bridgehead atoms. The van der Waals surface area contributed by atoms with Crippen LogP contribution in [0.15, 0.2) is 25.3 Å². The Bertz CT molecular complexity index is 773. The van der Waals surface area contributed by atoms with Crippen molar-refractivity contribution in [3.8, 4) is 0 Å². The van der Waals surface area contributed by atoms with E-state index >= 15 is 0 Å². The predicted octanol–water partition coefficient (Wildman–Crippen LogP) is 10.5. The van der Waals surface area contributed by atoms with E-state index in [-0.39, 0.29) is 24.1 Å². The van der Waals surface area contributed by atoms with Gasteiger partial charge in [-0.2, -0.15) is 0 Å². The third-order valence-corrected chi connectivity index (χ3v) is 11.4. The second kappa shape index (κ2) is 19.6. The van der Waals surface area contributed by atoms with Gasteiger partial charge in [0.15, 0.2) is 0 Å². The van der Waals surface area contributed by atoms with Crippen molar-refractivity contribution in [1.29, 1.82) is 0 Å². The molecule has 0 aromatic heterocycles. The molecule has 0 aromatic rings. The van der Waals surface area contributed by atoms with Gasteiger partial charge in [0.2, 0.25) is 0 Å². The number of ether oxygens (including phenoxy) is 2. The molecule has 0 N–H and O–H groups in total. The van der Waals surface area contributed by atoms with Crippen LogP contribution < -0.4 is 0 Å². The number of hydrogen-bond donors (Lipinski definition) is 0. The van der Waals surface area contributed by atoms with Gasteiger partial charge >= 0.3 is 11.9 Å². The summed E-state index contributed by atoms with van der Waals surface area (Å²) in [5, 5.41) is 0. The van der Waals surface area contributed by atoms with Crippen molar-refractivity contribution in [1.82, 2.24) is 0 Å². The van der Waals surface area contributed by atoms with Crippen LogP contribution in [0, 0.1) is 35.5 Å². The lowest BCUT2D eigenvalue weighted by molar-refractivity contribution is -0.146. The first-order chi connectivity index (χ1) is 20.4. The van der Waals surface area contributed by atoms with Gasteiger partial charge < -0.3 is 9.47 Å². The first-order valence-corrected chi connectivity index (χ1v) is 18.1. The number of unbranched alkanes of at least 4 members (excludes halogenated alkanes) is 2. The SMILES string of the molecule is C=CC(=O)OC1CCC(C2CCC(CCC)CC2)CC1.C=CC(=O)OC1CCC(C2CCC(CCCCC)CC2)CC1. The molecule has 4 nitrogen and oxygen atoms in total. The van der Waals surface area contributed by atoms with Gasteiger partial charge in [-0.1, -0.05) is 91.2 Å². The van der Waals surface area contributed by atoms with Gasteiger partial charge in [-0.3, -0.25) is 0 Å². The number of rotatable bonds is 12. The fourth-order valence-corrected chi connectivity index (χ4v) is 8.77. The van der Waals surface area contributed by atoms with Crippen LogP contribution >= 0.6 is 0 Å². The highest BCUT2D eigenvalue weighted by Crippen LogP contribution is 2.42. The summed E-state index contributed by atoms with van der Waals surface area (Å²) in [5.41, 5.74) is 0. The summed E-state index contributed by atoms with van der Waals surface area (Å²) in [6, 6.07) is 0. The van der Waals surface area contributed by atoms with E-state index < -0.39 is 0 Å². The quantitative estimate of drug-likeness (QED) is 0.130. The summed E-state index contributed by atoms with van der Waals surface area (Å²) in [7, 11) is 0. The predicted molar refractivity (Wildman–Crippen MR) is 174 cm³/mol. The molecule has 0 unspecified atom stereocenters. The number of carbonyl (C=O) groups excluding carboxylic acids is 2. The van der Waals surface area contributed by atoms with E-state index in [0.29, 0.717) is 0 Å². The van der Waals surface area contributed by atoms with Crippen molar-refractivity contribution >= 4 is 11.9 Å². The summed E-state index contributed by atoms with van der Waals surface area (Å²) < 4.78 is 10.8. The lowest BCUT2D eigenvalue weighted by Crippen LogP contribution is -2.29. The Morgan fingerprint density at radius 2 is 0.881 bits per heavy atom. The Balaban J connectivity index is 0.000000231. The van der Waals surface area contributed by atoms with Crippen LogP contribution in [0.5, 0.6) is 0 Å². The third kappa shape index (κ3) is 12.2. The maximum atomic E-state index is 11.3. The van der Waals surface area contributed by atoms with Gasteiger partial charge in [-0.15, -0.1) is 0 Å². The van der Waals surface area contributed by atoms with Crippen molar-refractivity contribution in [2.75, 3.05) is 0 Å². The van der Waals surface area contributed by atoms with Crippen LogP contribution in [0.25, 0.3) is 0 Å². The minimum Gasteiger partial charge on any atom is -0.459 e. The zero-order valence-electron chi connectivity index (χ0n) is 27.4. The third-order valence-electron chi connectivity index (χ3n) is 11.4.